The van der Waals surface area contributed by atoms with Crippen LogP contribution in [-0.2, 0) is 6.42 Å². The van der Waals surface area contributed by atoms with Crippen molar-refractivity contribution in [2.24, 2.45) is 5.92 Å². The fourth-order valence-corrected chi connectivity index (χ4v) is 1.80. The van der Waals surface area contributed by atoms with Gasteiger partial charge in [0, 0.05) is 11.4 Å². The summed E-state index contributed by atoms with van der Waals surface area (Å²) < 4.78 is 0. The Bertz CT molecular complexity index is 377. The number of halogens is 1. The van der Waals surface area contributed by atoms with Gasteiger partial charge in [0.25, 0.3) is 0 Å². The van der Waals surface area contributed by atoms with Gasteiger partial charge < -0.3 is 10.4 Å². The molecule has 0 aliphatic heterocycles. The smallest absolute Gasteiger partial charge is 0.141 e. The Hall–Kier alpha value is -0.700. The molecule has 17 heavy (non-hydrogen) atoms. The van der Waals surface area contributed by atoms with Gasteiger partial charge >= 0.3 is 0 Å². The second-order valence-corrected chi connectivity index (χ2v) is 5.98. The topological polar surface area (TPSA) is 32.3 Å². The first-order valence-corrected chi connectivity index (χ1v) is 7.07. The van der Waals surface area contributed by atoms with E-state index in [0.29, 0.717) is 16.5 Å². The first kappa shape index (κ1) is 14.4. The number of rotatable bonds is 5. The maximum absolute atomic E-state index is 9.99. The molecule has 0 saturated heterocycles. The standard InChI is InChI=1S/C14H22BrNO/c1-5-11-6-10(4)14(17)13(7-11)16-8-12(15)9(2)3/h6-7,9,12,16-17H,5,8H2,1-4H3. The minimum absolute atomic E-state index is 0.366. The predicted octanol–water partition coefficient (Wildman–Crippen LogP) is 4.09. The van der Waals surface area contributed by atoms with Crippen molar-refractivity contribution in [1.82, 2.24) is 0 Å². The van der Waals surface area contributed by atoms with Gasteiger partial charge in [-0.15, -0.1) is 0 Å². The maximum atomic E-state index is 9.99. The zero-order valence-electron chi connectivity index (χ0n) is 11.0. The molecule has 0 spiro atoms. The zero-order chi connectivity index (χ0) is 13.0. The van der Waals surface area contributed by atoms with Crippen molar-refractivity contribution in [3.63, 3.8) is 0 Å². The monoisotopic (exact) mass is 299 g/mol. The fraction of sp³-hybridized carbons (Fsp3) is 0.571. The second-order valence-electron chi connectivity index (χ2n) is 4.80. The normalized spacial score (nSPS) is 12.8. The molecule has 0 fully saturated rings. The molecule has 1 aromatic carbocycles. The minimum atomic E-state index is 0.366. The molecule has 0 heterocycles. The van der Waals surface area contributed by atoms with Crippen LogP contribution in [0, 0.1) is 12.8 Å². The summed E-state index contributed by atoms with van der Waals surface area (Å²) in [6, 6.07) is 4.07. The number of phenolic OH excluding ortho intramolecular Hbond substituents is 1. The molecule has 0 saturated carbocycles. The van der Waals surface area contributed by atoms with E-state index in [0.717, 1.165) is 24.2 Å². The number of phenols is 1. The molecule has 0 radical (unpaired) electrons. The average Bonchev–Trinajstić information content (AvgIpc) is 2.30. The van der Waals surface area contributed by atoms with Crippen molar-refractivity contribution in [3.8, 4) is 5.75 Å². The quantitative estimate of drug-likeness (QED) is 0.634. The van der Waals surface area contributed by atoms with Gasteiger partial charge in [-0.25, -0.2) is 0 Å². The van der Waals surface area contributed by atoms with Crippen LogP contribution >= 0.6 is 15.9 Å². The third-order valence-electron chi connectivity index (χ3n) is 2.98. The van der Waals surface area contributed by atoms with Gasteiger partial charge in [0.15, 0.2) is 0 Å². The number of hydrogen-bond acceptors (Lipinski definition) is 2. The van der Waals surface area contributed by atoms with E-state index in [1.54, 1.807) is 0 Å². The van der Waals surface area contributed by atoms with Crippen molar-refractivity contribution in [2.75, 3.05) is 11.9 Å². The summed E-state index contributed by atoms with van der Waals surface area (Å²) in [7, 11) is 0. The molecule has 1 rings (SSSR count). The van der Waals surface area contributed by atoms with Gasteiger partial charge in [-0.1, -0.05) is 42.8 Å². The zero-order valence-corrected chi connectivity index (χ0v) is 12.6. The molecule has 2 nitrogen and oxygen atoms in total. The van der Waals surface area contributed by atoms with Gasteiger partial charge in [0.1, 0.15) is 5.75 Å². The van der Waals surface area contributed by atoms with Crippen LogP contribution in [-0.4, -0.2) is 16.5 Å². The molecular weight excluding hydrogens is 278 g/mol. The third kappa shape index (κ3) is 3.91. The largest absolute Gasteiger partial charge is 0.506 e. The van der Waals surface area contributed by atoms with Crippen LogP contribution in [0.25, 0.3) is 0 Å². The van der Waals surface area contributed by atoms with E-state index in [-0.39, 0.29) is 0 Å². The van der Waals surface area contributed by atoms with E-state index in [4.69, 9.17) is 0 Å². The molecule has 0 aliphatic rings. The first-order chi connectivity index (χ1) is 7.95. The summed E-state index contributed by atoms with van der Waals surface area (Å²) >= 11 is 3.63. The van der Waals surface area contributed by atoms with Crippen molar-refractivity contribution in [2.45, 2.75) is 38.9 Å². The number of benzene rings is 1. The molecule has 3 heteroatoms. The average molecular weight is 300 g/mol. The Labute approximate surface area is 113 Å². The van der Waals surface area contributed by atoms with Crippen LogP contribution in [0.15, 0.2) is 12.1 Å². The summed E-state index contributed by atoms with van der Waals surface area (Å²) in [4.78, 5) is 0.410. The molecule has 0 amide bonds. The fourth-order valence-electron chi connectivity index (χ4n) is 1.64. The summed E-state index contributed by atoms with van der Waals surface area (Å²) in [5, 5.41) is 13.3. The summed E-state index contributed by atoms with van der Waals surface area (Å²) in [6.07, 6.45) is 0.984. The maximum Gasteiger partial charge on any atom is 0.141 e. The van der Waals surface area contributed by atoms with Crippen LogP contribution < -0.4 is 5.32 Å². The van der Waals surface area contributed by atoms with Gasteiger partial charge in [0.2, 0.25) is 0 Å². The molecular formula is C14H22BrNO. The summed E-state index contributed by atoms with van der Waals surface area (Å²) in [5.74, 6) is 0.936. The van der Waals surface area contributed by atoms with E-state index < -0.39 is 0 Å². The second kappa shape index (κ2) is 6.29. The van der Waals surface area contributed by atoms with Crippen LogP contribution in [0.5, 0.6) is 5.75 Å². The minimum Gasteiger partial charge on any atom is -0.506 e. The first-order valence-electron chi connectivity index (χ1n) is 6.16. The highest BCUT2D eigenvalue weighted by atomic mass is 79.9. The lowest BCUT2D eigenvalue weighted by Crippen LogP contribution is -2.19. The number of hydrogen-bond donors (Lipinski definition) is 2. The van der Waals surface area contributed by atoms with Crippen molar-refractivity contribution in [1.29, 1.82) is 0 Å². The van der Waals surface area contributed by atoms with Crippen LogP contribution in [0.3, 0.4) is 0 Å². The van der Waals surface area contributed by atoms with E-state index in [1.807, 2.05) is 19.1 Å². The van der Waals surface area contributed by atoms with Crippen LogP contribution in [0.1, 0.15) is 31.9 Å². The number of nitrogens with one attached hydrogen (secondary N) is 1. The Morgan fingerprint density at radius 1 is 1.35 bits per heavy atom. The van der Waals surface area contributed by atoms with Crippen LogP contribution in [0.4, 0.5) is 5.69 Å². The number of aromatic hydroxyl groups is 1. The Morgan fingerprint density at radius 3 is 2.53 bits per heavy atom. The molecule has 1 aromatic rings. The lowest BCUT2D eigenvalue weighted by atomic mass is 10.1. The molecule has 1 unspecified atom stereocenters. The van der Waals surface area contributed by atoms with E-state index in [1.165, 1.54) is 5.56 Å². The van der Waals surface area contributed by atoms with Crippen molar-refractivity contribution >= 4 is 21.6 Å². The van der Waals surface area contributed by atoms with Crippen LogP contribution in [0.2, 0.25) is 0 Å². The summed E-state index contributed by atoms with van der Waals surface area (Å²) in [6.45, 7) is 9.23. The van der Waals surface area contributed by atoms with E-state index in [2.05, 4.69) is 42.0 Å². The van der Waals surface area contributed by atoms with Gasteiger partial charge in [-0.3, -0.25) is 0 Å². The Kier molecular flexibility index (Phi) is 5.31. The number of alkyl halides is 1. The molecule has 96 valence electrons. The number of anilines is 1. The predicted molar refractivity (Wildman–Crippen MR) is 78.3 cm³/mol. The number of aryl methyl sites for hydroxylation is 2. The Balaban J connectivity index is 2.80. The van der Waals surface area contributed by atoms with Gasteiger partial charge in [-0.05, 0) is 36.5 Å². The molecule has 1 atom stereocenters. The molecule has 0 bridgehead atoms. The third-order valence-corrected chi connectivity index (χ3v) is 4.36. The van der Waals surface area contributed by atoms with Crippen molar-refractivity contribution < 1.29 is 5.11 Å². The van der Waals surface area contributed by atoms with Gasteiger partial charge in [-0.2, -0.15) is 0 Å². The molecule has 0 aliphatic carbocycles. The highest BCUT2D eigenvalue weighted by Crippen LogP contribution is 2.29. The molecule has 2 N–H and O–H groups in total. The van der Waals surface area contributed by atoms with E-state index in [9.17, 15) is 5.11 Å². The lowest BCUT2D eigenvalue weighted by Gasteiger charge is -2.17. The molecule has 0 aromatic heterocycles. The SMILES string of the molecule is CCc1cc(C)c(O)c(NCC(Br)C(C)C)c1. The van der Waals surface area contributed by atoms with E-state index >= 15 is 0 Å². The summed E-state index contributed by atoms with van der Waals surface area (Å²) in [5.41, 5.74) is 3.02. The van der Waals surface area contributed by atoms with Crippen molar-refractivity contribution in [3.05, 3.63) is 23.3 Å². The lowest BCUT2D eigenvalue weighted by molar-refractivity contribution is 0.472. The van der Waals surface area contributed by atoms with Gasteiger partial charge in [0.05, 0.1) is 5.69 Å². The highest BCUT2D eigenvalue weighted by molar-refractivity contribution is 9.09. The Morgan fingerprint density at radius 2 is 2.00 bits per heavy atom. The highest BCUT2D eigenvalue weighted by Gasteiger charge is 2.11.